The Bertz CT molecular complexity index is 509. The quantitative estimate of drug-likeness (QED) is 0.309. The minimum absolute atomic E-state index is 0.0664. The Labute approximate surface area is 170 Å². The number of alkyl halides is 1. The van der Waals surface area contributed by atoms with Gasteiger partial charge in [-0.3, -0.25) is 0 Å². The van der Waals surface area contributed by atoms with Gasteiger partial charge in [-0.1, -0.05) is 30.3 Å². The zero-order valence-corrected chi connectivity index (χ0v) is 22.7. The minimum atomic E-state index is -2.96. The van der Waals surface area contributed by atoms with Crippen molar-refractivity contribution >= 4 is 45.4 Å². The van der Waals surface area contributed by atoms with Crippen molar-refractivity contribution in [1.29, 1.82) is 0 Å². The lowest BCUT2D eigenvalue weighted by molar-refractivity contribution is 0.237. The zero-order chi connectivity index (χ0) is 20.2. The van der Waals surface area contributed by atoms with E-state index in [9.17, 15) is 0 Å². The van der Waals surface area contributed by atoms with Gasteiger partial charge in [-0.05, 0) is 70.9 Å². The van der Waals surface area contributed by atoms with E-state index in [0.29, 0.717) is 5.88 Å². The van der Waals surface area contributed by atoms with Crippen molar-refractivity contribution in [1.82, 2.24) is 0 Å². The molecule has 0 spiro atoms. The van der Waals surface area contributed by atoms with Gasteiger partial charge in [-0.2, -0.15) is 0 Å². The summed E-state index contributed by atoms with van der Waals surface area (Å²) in [6.45, 7) is 19.9. The highest BCUT2D eigenvalue weighted by atomic mass is 35.5. The molecule has 0 heterocycles. The second-order valence-electron chi connectivity index (χ2n) is 9.79. The van der Waals surface area contributed by atoms with Crippen molar-refractivity contribution in [2.24, 2.45) is 0 Å². The SMILES string of the molecule is C[Si](C)(C)O[Si](O[Si](C)(C)C)(O[Si](C)(C)C)C(CCl)Cc1ccccc1. The van der Waals surface area contributed by atoms with Crippen LogP contribution in [0.15, 0.2) is 30.3 Å². The van der Waals surface area contributed by atoms with Gasteiger partial charge in [-0.15, -0.1) is 11.6 Å². The molecular formula is C18H37ClO3Si4. The molecule has 0 aliphatic rings. The molecule has 0 fully saturated rings. The minimum Gasteiger partial charge on any atom is -0.417 e. The number of benzene rings is 1. The van der Waals surface area contributed by atoms with Crippen LogP contribution < -0.4 is 0 Å². The second kappa shape index (κ2) is 9.17. The Hall–Kier alpha value is 0.258. The molecule has 26 heavy (non-hydrogen) atoms. The van der Waals surface area contributed by atoms with Crippen LogP contribution in [0.3, 0.4) is 0 Å². The van der Waals surface area contributed by atoms with Crippen LogP contribution in [0.1, 0.15) is 5.56 Å². The van der Waals surface area contributed by atoms with Gasteiger partial charge in [0, 0.05) is 11.4 Å². The Morgan fingerprint density at radius 3 is 1.42 bits per heavy atom. The van der Waals surface area contributed by atoms with Crippen molar-refractivity contribution in [2.45, 2.75) is 70.9 Å². The van der Waals surface area contributed by atoms with E-state index in [1.165, 1.54) is 5.56 Å². The smallest absolute Gasteiger partial charge is 0.417 e. The molecule has 1 aromatic carbocycles. The molecule has 1 rings (SSSR count). The Kier molecular flexibility index (Phi) is 8.57. The highest BCUT2D eigenvalue weighted by Gasteiger charge is 2.55. The molecule has 0 aromatic heterocycles. The van der Waals surface area contributed by atoms with E-state index in [1.807, 2.05) is 6.07 Å². The second-order valence-corrected chi connectivity index (χ2v) is 27.2. The van der Waals surface area contributed by atoms with Gasteiger partial charge in [0.15, 0.2) is 25.0 Å². The molecule has 0 N–H and O–H groups in total. The topological polar surface area (TPSA) is 27.7 Å². The largest absolute Gasteiger partial charge is 0.474 e. The van der Waals surface area contributed by atoms with Gasteiger partial charge in [0.25, 0.3) is 0 Å². The maximum atomic E-state index is 6.82. The molecular weight excluding hydrogens is 412 g/mol. The summed E-state index contributed by atoms with van der Waals surface area (Å²) >= 11 is 6.53. The molecule has 1 aromatic rings. The zero-order valence-electron chi connectivity index (χ0n) is 18.0. The fourth-order valence-electron chi connectivity index (χ4n) is 2.77. The fraction of sp³-hybridized carbons (Fsp3) is 0.667. The predicted molar refractivity (Wildman–Crippen MR) is 124 cm³/mol. The molecule has 0 radical (unpaired) electrons. The highest BCUT2D eigenvalue weighted by molar-refractivity contribution is 6.90. The van der Waals surface area contributed by atoms with Crippen molar-refractivity contribution in [3.8, 4) is 0 Å². The molecule has 0 amide bonds. The summed E-state index contributed by atoms with van der Waals surface area (Å²) in [5.74, 6) is 0.487. The molecule has 8 heteroatoms. The lowest BCUT2D eigenvalue weighted by atomic mass is 10.1. The maximum absolute atomic E-state index is 6.82. The number of halogens is 1. The van der Waals surface area contributed by atoms with Crippen molar-refractivity contribution < 1.29 is 12.3 Å². The third kappa shape index (κ3) is 8.96. The van der Waals surface area contributed by atoms with Gasteiger partial charge in [-0.25, -0.2) is 0 Å². The van der Waals surface area contributed by atoms with Crippen molar-refractivity contribution in [2.75, 3.05) is 5.88 Å². The van der Waals surface area contributed by atoms with Gasteiger partial charge >= 0.3 is 8.80 Å². The average Bonchev–Trinajstić information content (AvgIpc) is 2.39. The molecule has 1 atom stereocenters. The van der Waals surface area contributed by atoms with E-state index in [2.05, 4.69) is 83.2 Å². The lowest BCUT2D eigenvalue weighted by Crippen LogP contribution is -2.63. The van der Waals surface area contributed by atoms with Gasteiger partial charge in [0.05, 0.1) is 0 Å². The van der Waals surface area contributed by atoms with E-state index in [4.69, 9.17) is 23.9 Å². The Balaban J connectivity index is 3.39. The van der Waals surface area contributed by atoms with Crippen LogP contribution in [0.25, 0.3) is 0 Å². The van der Waals surface area contributed by atoms with Crippen LogP contribution >= 0.6 is 11.6 Å². The lowest BCUT2D eigenvalue weighted by Gasteiger charge is -2.46. The van der Waals surface area contributed by atoms with Gasteiger partial charge in [0.1, 0.15) is 0 Å². The Morgan fingerprint density at radius 2 is 1.12 bits per heavy atom. The molecule has 0 saturated carbocycles. The molecule has 1 unspecified atom stereocenters. The van der Waals surface area contributed by atoms with Crippen molar-refractivity contribution in [3.05, 3.63) is 35.9 Å². The molecule has 0 aliphatic carbocycles. The summed E-state index contributed by atoms with van der Waals surface area (Å²) in [6.07, 6.45) is 0.829. The first-order valence-corrected chi connectivity index (χ1v) is 21.9. The molecule has 0 aliphatic heterocycles. The summed E-state index contributed by atoms with van der Waals surface area (Å²) in [5.41, 5.74) is 1.32. The van der Waals surface area contributed by atoms with Gasteiger partial charge in [0.2, 0.25) is 0 Å². The number of rotatable bonds is 10. The molecule has 0 saturated heterocycles. The average molecular weight is 449 g/mol. The van der Waals surface area contributed by atoms with Gasteiger partial charge < -0.3 is 12.3 Å². The van der Waals surface area contributed by atoms with E-state index in [0.717, 1.165) is 6.42 Å². The van der Waals surface area contributed by atoms with E-state index < -0.39 is 33.8 Å². The molecule has 0 bridgehead atoms. The maximum Gasteiger partial charge on any atom is 0.474 e. The first-order chi connectivity index (χ1) is 11.7. The van der Waals surface area contributed by atoms with E-state index >= 15 is 0 Å². The first-order valence-electron chi connectivity index (χ1n) is 9.36. The van der Waals surface area contributed by atoms with Crippen LogP contribution in [0.5, 0.6) is 0 Å². The summed E-state index contributed by atoms with van der Waals surface area (Å²) < 4.78 is 20.5. The van der Waals surface area contributed by atoms with Crippen molar-refractivity contribution in [3.63, 3.8) is 0 Å². The van der Waals surface area contributed by atoms with Crippen LogP contribution in [-0.4, -0.2) is 39.6 Å². The molecule has 3 nitrogen and oxygen atoms in total. The highest BCUT2D eigenvalue weighted by Crippen LogP contribution is 2.37. The van der Waals surface area contributed by atoms with E-state index in [1.54, 1.807) is 0 Å². The summed E-state index contributed by atoms with van der Waals surface area (Å²) in [5, 5.41) is 0. The monoisotopic (exact) mass is 448 g/mol. The fourth-order valence-corrected chi connectivity index (χ4v) is 18.0. The third-order valence-electron chi connectivity index (χ3n) is 3.36. The standard InChI is InChI=1S/C18H37ClO3Si4/c1-23(2,3)20-26(21-24(4,5)6,22-25(7,8)9)18(16-19)15-17-13-11-10-12-14-17/h10-14,18H,15-16H2,1-9H3. The summed E-state index contributed by atoms with van der Waals surface area (Å²) in [4.78, 5) is 0. The number of hydrogen-bond donors (Lipinski definition) is 0. The molecule has 150 valence electrons. The van der Waals surface area contributed by atoms with Crippen LogP contribution in [-0.2, 0) is 18.8 Å². The summed E-state index contributed by atoms with van der Waals surface area (Å²) in [6, 6.07) is 10.5. The summed E-state index contributed by atoms with van der Waals surface area (Å²) in [7, 11) is -8.63. The predicted octanol–water partition coefficient (Wildman–Crippen LogP) is 6.33. The van der Waals surface area contributed by atoms with Crippen LogP contribution in [0.4, 0.5) is 0 Å². The normalized spacial score (nSPS) is 15.2. The third-order valence-corrected chi connectivity index (χ3v) is 16.2. The Morgan fingerprint density at radius 1 is 0.731 bits per heavy atom. The first kappa shape index (κ1) is 24.3. The van der Waals surface area contributed by atoms with Crippen LogP contribution in [0, 0.1) is 0 Å². The van der Waals surface area contributed by atoms with Crippen LogP contribution in [0.2, 0.25) is 64.5 Å². The number of hydrogen-bond acceptors (Lipinski definition) is 3. The van der Waals surface area contributed by atoms with E-state index in [-0.39, 0.29) is 5.54 Å².